The quantitative estimate of drug-likeness (QED) is 0.174. The molecule has 0 fully saturated rings. The third-order valence-corrected chi connectivity index (χ3v) is 9.51. The summed E-state index contributed by atoms with van der Waals surface area (Å²) in [6.07, 6.45) is 0. The van der Waals surface area contributed by atoms with Gasteiger partial charge in [-0.1, -0.05) is 91.0 Å². The molecule has 50 heavy (non-hydrogen) atoms. The number of anilines is 3. The van der Waals surface area contributed by atoms with Gasteiger partial charge in [0.05, 0.1) is 11.0 Å². The van der Waals surface area contributed by atoms with E-state index in [-0.39, 0.29) is 11.6 Å². The Balaban J connectivity index is 1.09. The van der Waals surface area contributed by atoms with Gasteiger partial charge in [0.2, 0.25) is 0 Å². The highest BCUT2D eigenvalue weighted by Crippen LogP contribution is 2.39. The van der Waals surface area contributed by atoms with Gasteiger partial charge in [-0.25, -0.2) is 8.78 Å². The fourth-order valence-electron chi connectivity index (χ4n) is 7.03. The molecule has 1 aromatic heterocycles. The summed E-state index contributed by atoms with van der Waals surface area (Å²) in [5, 5.41) is 4.85. The summed E-state index contributed by atoms with van der Waals surface area (Å²) in [5.41, 5.74) is 10.3. The lowest BCUT2D eigenvalue weighted by molar-refractivity contribution is 0.627. The summed E-state index contributed by atoms with van der Waals surface area (Å²) in [6.45, 7) is 0. The first-order chi connectivity index (χ1) is 24.6. The second-order valence-electron chi connectivity index (χ2n) is 12.5. The summed E-state index contributed by atoms with van der Waals surface area (Å²) in [4.78, 5) is 2.11. The molecule has 0 radical (unpaired) electrons. The molecule has 0 saturated carbocycles. The van der Waals surface area contributed by atoms with E-state index in [0.29, 0.717) is 0 Å². The van der Waals surface area contributed by atoms with Crippen LogP contribution < -0.4 is 4.90 Å². The molecule has 0 amide bonds. The fourth-order valence-corrected chi connectivity index (χ4v) is 7.03. The fraction of sp³-hybridized carbons (Fsp3) is 0. The predicted molar refractivity (Wildman–Crippen MR) is 204 cm³/mol. The molecule has 0 bridgehead atoms. The molecule has 4 heteroatoms. The summed E-state index contributed by atoms with van der Waals surface area (Å²) in [7, 11) is 0. The molecular weight excluding hydrogens is 619 g/mol. The van der Waals surface area contributed by atoms with Crippen LogP contribution in [0, 0.1) is 11.6 Å². The molecule has 0 aliphatic heterocycles. The molecule has 9 aromatic rings. The van der Waals surface area contributed by atoms with Crippen molar-refractivity contribution in [1.82, 2.24) is 4.57 Å². The monoisotopic (exact) mass is 648 g/mol. The molecule has 2 nitrogen and oxygen atoms in total. The largest absolute Gasteiger partial charge is 0.311 e. The first kappa shape index (κ1) is 29.6. The van der Waals surface area contributed by atoms with Gasteiger partial charge < -0.3 is 9.47 Å². The molecule has 0 saturated heterocycles. The SMILES string of the molecule is Fc1ccc(-c2ccc(N(c3ccc(F)cc3)c3ccc(-c4ccc5c(c4)c4ccccc4n5-c4ccc5ccccc5c4)cc3)cc2)cc1. The Kier molecular flexibility index (Phi) is 7.21. The second-order valence-corrected chi connectivity index (χ2v) is 12.5. The van der Waals surface area contributed by atoms with Gasteiger partial charge in [-0.3, -0.25) is 0 Å². The third kappa shape index (κ3) is 5.28. The molecule has 0 N–H and O–H groups in total. The lowest BCUT2D eigenvalue weighted by atomic mass is 10.0. The molecule has 8 aromatic carbocycles. The maximum atomic E-state index is 14.0. The van der Waals surface area contributed by atoms with Crippen molar-refractivity contribution in [3.8, 4) is 27.9 Å². The molecule has 238 valence electrons. The number of para-hydroxylation sites is 1. The Morgan fingerprint density at radius 3 is 1.50 bits per heavy atom. The zero-order valence-corrected chi connectivity index (χ0v) is 27.0. The highest BCUT2D eigenvalue weighted by molar-refractivity contribution is 6.10. The first-order valence-corrected chi connectivity index (χ1v) is 16.6. The number of benzene rings is 8. The second kappa shape index (κ2) is 12.2. The van der Waals surface area contributed by atoms with Crippen LogP contribution in [0.1, 0.15) is 0 Å². The van der Waals surface area contributed by atoms with Crippen molar-refractivity contribution >= 4 is 49.6 Å². The smallest absolute Gasteiger partial charge is 0.123 e. The van der Waals surface area contributed by atoms with Crippen LogP contribution in [0.4, 0.5) is 25.8 Å². The van der Waals surface area contributed by atoms with Crippen molar-refractivity contribution in [1.29, 1.82) is 0 Å². The lowest BCUT2D eigenvalue weighted by Crippen LogP contribution is -2.09. The number of rotatable bonds is 6. The Hall–Kier alpha value is -6.52. The van der Waals surface area contributed by atoms with Crippen molar-refractivity contribution in [2.45, 2.75) is 0 Å². The predicted octanol–water partition coefficient (Wildman–Crippen LogP) is 13.0. The Morgan fingerprint density at radius 1 is 0.360 bits per heavy atom. The van der Waals surface area contributed by atoms with Gasteiger partial charge in [-0.15, -0.1) is 0 Å². The molecule has 1 heterocycles. The maximum Gasteiger partial charge on any atom is 0.123 e. The topological polar surface area (TPSA) is 8.17 Å². The van der Waals surface area contributed by atoms with Gasteiger partial charge in [0.1, 0.15) is 11.6 Å². The molecule has 0 unspecified atom stereocenters. The van der Waals surface area contributed by atoms with Gasteiger partial charge in [-0.2, -0.15) is 0 Å². The number of halogens is 2. The summed E-state index contributed by atoms with van der Waals surface area (Å²) < 4.78 is 29.9. The van der Waals surface area contributed by atoms with E-state index in [1.807, 2.05) is 24.3 Å². The average Bonchev–Trinajstić information content (AvgIpc) is 3.50. The summed E-state index contributed by atoms with van der Waals surface area (Å²) >= 11 is 0. The van der Waals surface area contributed by atoms with Crippen LogP contribution in [0.25, 0.3) is 60.5 Å². The number of fused-ring (bicyclic) bond motifs is 4. The number of hydrogen-bond donors (Lipinski definition) is 0. The van der Waals surface area contributed by atoms with Crippen LogP contribution in [0.5, 0.6) is 0 Å². The van der Waals surface area contributed by atoms with Crippen LogP contribution in [-0.4, -0.2) is 4.57 Å². The Morgan fingerprint density at radius 2 is 0.840 bits per heavy atom. The molecule has 0 aliphatic rings. The number of nitrogens with zero attached hydrogens (tertiary/aromatic N) is 2. The molecule has 9 rings (SSSR count). The van der Waals surface area contributed by atoms with Crippen molar-refractivity contribution in [2.75, 3.05) is 4.90 Å². The molecule has 0 atom stereocenters. The summed E-state index contributed by atoms with van der Waals surface area (Å²) in [5.74, 6) is -0.544. The van der Waals surface area contributed by atoms with E-state index in [1.165, 1.54) is 51.3 Å². The molecule has 0 aliphatic carbocycles. The van der Waals surface area contributed by atoms with Crippen molar-refractivity contribution in [3.63, 3.8) is 0 Å². The van der Waals surface area contributed by atoms with Crippen LogP contribution in [0.2, 0.25) is 0 Å². The number of hydrogen-bond acceptors (Lipinski definition) is 1. The molecule has 0 spiro atoms. The zero-order valence-electron chi connectivity index (χ0n) is 27.0. The minimum absolute atomic E-state index is 0.260. The number of aromatic nitrogens is 1. The standard InChI is InChI=1S/C46H30F2N2/c47-37-17-9-32(10-18-37)33-11-21-39(22-12-33)49(41-26-19-38(48)20-27-41)40-23-13-34(14-24-40)36-16-28-46-44(30-36)43-7-3-4-8-45(43)50(46)42-25-15-31-5-1-2-6-35(31)29-42/h1-30H. The van der Waals surface area contributed by atoms with E-state index in [4.69, 9.17) is 0 Å². The van der Waals surface area contributed by atoms with Crippen molar-refractivity contribution in [2.24, 2.45) is 0 Å². The van der Waals surface area contributed by atoms with Crippen LogP contribution in [0.3, 0.4) is 0 Å². The van der Waals surface area contributed by atoms with Crippen LogP contribution in [-0.2, 0) is 0 Å². The van der Waals surface area contributed by atoms with E-state index < -0.39 is 0 Å². The van der Waals surface area contributed by atoms with E-state index in [0.717, 1.165) is 50.5 Å². The van der Waals surface area contributed by atoms with Crippen LogP contribution in [0.15, 0.2) is 182 Å². The highest BCUT2D eigenvalue weighted by atomic mass is 19.1. The van der Waals surface area contributed by atoms with Crippen LogP contribution >= 0.6 is 0 Å². The minimum atomic E-state index is -0.284. The van der Waals surface area contributed by atoms with Gasteiger partial charge in [0.15, 0.2) is 0 Å². The van der Waals surface area contributed by atoms with Gasteiger partial charge in [0, 0.05) is 33.5 Å². The molecular formula is C46H30F2N2. The zero-order chi connectivity index (χ0) is 33.6. The van der Waals surface area contributed by atoms with Gasteiger partial charge >= 0.3 is 0 Å². The van der Waals surface area contributed by atoms with Gasteiger partial charge in [0.25, 0.3) is 0 Å². The average molecular weight is 649 g/mol. The normalized spacial score (nSPS) is 11.4. The third-order valence-electron chi connectivity index (χ3n) is 9.51. The Labute approximate surface area is 288 Å². The van der Waals surface area contributed by atoms with Gasteiger partial charge in [-0.05, 0) is 124 Å². The van der Waals surface area contributed by atoms with Crippen molar-refractivity contribution < 1.29 is 8.78 Å². The van der Waals surface area contributed by atoms with E-state index in [2.05, 4.69) is 119 Å². The first-order valence-electron chi connectivity index (χ1n) is 16.6. The van der Waals surface area contributed by atoms with E-state index >= 15 is 0 Å². The lowest BCUT2D eigenvalue weighted by Gasteiger charge is -2.26. The maximum absolute atomic E-state index is 14.0. The Bertz CT molecular complexity index is 2640. The minimum Gasteiger partial charge on any atom is -0.311 e. The van der Waals surface area contributed by atoms with E-state index in [9.17, 15) is 8.78 Å². The van der Waals surface area contributed by atoms with Crippen molar-refractivity contribution in [3.05, 3.63) is 194 Å². The summed E-state index contributed by atoms with van der Waals surface area (Å²) in [6, 6.07) is 60.1. The highest BCUT2D eigenvalue weighted by Gasteiger charge is 2.16. The van der Waals surface area contributed by atoms with E-state index in [1.54, 1.807) is 24.3 Å².